The number of hydrogen-bond acceptors (Lipinski definition) is 3. The molecule has 0 radical (unpaired) electrons. The minimum absolute atomic E-state index is 0.0466. The molecule has 0 aliphatic carbocycles. The van der Waals surface area contributed by atoms with E-state index in [1.807, 2.05) is 0 Å². The molecular weight excluding hydrogens is 385 g/mol. The summed E-state index contributed by atoms with van der Waals surface area (Å²) in [4.78, 5) is -0.201. The molecule has 2 N–H and O–H groups in total. The molecule has 0 unspecified atom stereocenters. The number of halogens is 3. The Morgan fingerprint density at radius 2 is 1.95 bits per heavy atom. The molecule has 0 saturated heterocycles. The van der Waals surface area contributed by atoms with Crippen molar-refractivity contribution < 1.29 is 17.5 Å². The van der Waals surface area contributed by atoms with Gasteiger partial charge in [0.05, 0.1) is 0 Å². The van der Waals surface area contributed by atoms with Crippen LogP contribution in [0.2, 0.25) is 5.02 Å². The summed E-state index contributed by atoms with van der Waals surface area (Å²) in [5, 5.41) is 5.35. The average Bonchev–Trinajstić information content (AvgIpc) is 2.38. The molecule has 0 spiro atoms. The Bertz CT molecular complexity index is 783. The Kier molecular flexibility index (Phi) is 4.88. The van der Waals surface area contributed by atoms with Crippen molar-refractivity contribution in [2.45, 2.75) is 11.5 Å². The lowest BCUT2D eigenvalue weighted by molar-refractivity contribution is 0.297. The van der Waals surface area contributed by atoms with Gasteiger partial charge in [-0.05, 0) is 30.3 Å². The van der Waals surface area contributed by atoms with Gasteiger partial charge in [0.25, 0.3) is 0 Å². The molecule has 2 aromatic carbocycles. The molecule has 0 aromatic heterocycles. The second kappa shape index (κ2) is 6.31. The maximum absolute atomic E-state index is 13.0. The van der Waals surface area contributed by atoms with E-state index in [0.29, 0.717) is 10.0 Å². The van der Waals surface area contributed by atoms with Crippen molar-refractivity contribution in [3.05, 3.63) is 57.3 Å². The SMILES string of the molecule is NS(=O)(=O)c1cc(Cl)ccc1OCc1ccc(F)cc1Br. The minimum Gasteiger partial charge on any atom is -0.487 e. The third-order valence-corrected chi connectivity index (χ3v) is 4.52. The van der Waals surface area contributed by atoms with E-state index in [-0.39, 0.29) is 28.1 Å². The molecule has 0 amide bonds. The Balaban J connectivity index is 2.28. The van der Waals surface area contributed by atoms with Gasteiger partial charge in [0, 0.05) is 15.1 Å². The Labute approximate surface area is 134 Å². The van der Waals surface area contributed by atoms with E-state index in [4.69, 9.17) is 21.5 Å². The van der Waals surface area contributed by atoms with Crippen LogP contribution in [0.1, 0.15) is 5.56 Å². The molecule has 0 saturated carbocycles. The van der Waals surface area contributed by atoms with Crippen LogP contribution in [0.3, 0.4) is 0 Å². The van der Waals surface area contributed by atoms with Gasteiger partial charge in [-0.15, -0.1) is 0 Å². The first-order valence-corrected chi connectivity index (χ1v) is 8.38. The highest BCUT2D eigenvalue weighted by atomic mass is 79.9. The molecule has 112 valence electrons. The zero-order chi connectivity index (χ0) is 15.6. The second-order valence-corrected chi connectivity index (χ2v) is 6.98. The monoisotopic (exact) mass is 393 g/mol. The number of rotatable bonds is 4. The van der Waals surface area contributed by atoms with Crippen LogP contribution in [0.15, 0.2) is 45.8 Å². The minimum atomic E-state index is -3.96. The molecule has 0 aliphatic rings. The summed E-state index contributed by atoms with van der Waals surface area (Å²) in [6, 6.07) is 8.23. The lowest BCUT2D eigenvalue weighted by Gasteiger charge is -2.11. The Morgan fingerprint density at radius 1 is 1.24 bits per heavy atom. The van der Waals surface area contributed by atoms with E-state index in [0.717, 1.165) is 0 Å². The quantitative estimate of drug-likeness (QED) is 0.863. The molecule has 0 bridgehead atoms. The third kappa shape index (κ3) is 4.16. The first-order chi connectivity index (χ1) is 9.77. The molecule has 4 nitrogen and oxygen atoms in total. The van der Waals surface area contributed by atoms with E-state index in [9.17, 15) is 12.8 Å². The van der Waals surface area contributed by atoms with Gasteiger partial charge in [0.2, 0.25) is 10.0 Å². The predicted molar refractivity (Wildman–Crippen MR) is 81.3 cm³/mol. The summed E-state index contributed by atoms with van der Waals surface area (Å²) < 4.78 is 42.0. The molecule has 8 heteroatoms. The smallest absolute Gasteiger partial charge is 0.241 e. The summed E-state index contributed by atoms with van der Waals surface area (Å²) in [5.41, 5.74) is 0.659. The lowest BCUT2D eigenvalue weighted by atomic mass is 10.2. The number of nitrogens with two attached hydrogens (primary N) is 1. The first kappa shape index (κ1) is 16.2. The lowest BCUT2D eigenvalue weighted by Crippen LogP contribution is -2.14. The van der Waals surface area contributed by atoms with Gasteiger partial charge in [-0.3, -0.25) is 0 Å². The third-order valence-electron chi connectivity index (χ3n) is 2.61. The van der Waals surface area contributed by atoms with Crippen LogP contribution < -0.4 is 9.88 Å². The van der Waals surface area contributed by atoms with E-state index in [2.05, 4.69) is 15.9 Å². The number of primary sulfonamides is 1. The molecule has 0 heterocycles. The van der Waals surface area contributed by atoms with Crippen LogP contribution in [-0.4, -0.2) is 8.42 Å². The highest BCUT2D eigenvalue weighted by molar-refractivity contribution is 9.10. The molecule has 0 atom stereocenters. The van der Waals surface area contributed by atoms with E-state index < -0.39 is 10.0 Å². The zero-order valence-corrected chi connectivity index (χ0v) is 13.7. The largest absolute Gasteiger partial charge is 0.487 e. The van der Waals surface area contributed by atoms with Gasteiger partial charge in [0.15, 0.2) is 0 Å². The van der Waals surface area contributed by atoms with Crippen molar-refractivity contribution in [2.75, 3.05) is 0 Å². The van der Waals surface area contributed by atoms with Crippen molar-refractivity contribution in [2.24, 2.45) is 5.14 Å². The number of ether oxygens (including phenoxy) is 1. The molecule has 0 aliphatic heterocycles. The second-order valence-electron chi connectivity index (χ2n) is 4.16. The molecule has 2 aromatic rings. The van der Waals surface area contributed by atoms with Gasteiger partial charge in [-0.1, -0.05) is 33.6 Å². The Morgan fingerprint density at radius 3 is 2.57 bits per heavy atom. The fraction of sp³-hybridized carbons (Fsp3) is 0.0769. The summed E-state index contributed by atoms with van der Waals surface area (Å²) in [5.74, 6) is -0.305. The van der Waals surface area contributed by atoms with Gasteiger partial charge in [0.1, 0.15) is 23.1 Å². The summed E-state index contributed by atoms with van der Waals surface area (Å²) in [6.07, 6.45) is 0. The maximum Gasteiger partial charge on any atom is 0.241 e. The van der Waals surface area contributed by atoms with Crippen molar-refractivity contribution in [3.8, 4) is 5.75 Å². The molecule has 0 fully saturated rings. The highest BCUT2D eigenvalue weighted by Crippen LogP contribution is 2.28. The maximum atomic E-state index is 13.0. The normalized spacial score (nSPS) is 11.4. The molecule has 21 heavy (non-hydrogen) atoms. The van der Waals surface area contributed by atoms with Gasteiger partial charge >= 0.3 is 0 Å². The van der Waals surface area contributed by atoms with Crippen molar-refractivity contribution in [1.82, 2.24) is 0 Å². The molecule has 2 rings (SSSR count). The van der Waals surface area contributed by atoms with Crippen LogP contribution >= 0.6 is 27.5 Å². The van der Waals surface area contributed by atoms with E-state index >= 15 is 0 Å². The van der Waals surface area contributed by atoms with Crippen LogP contribution in [0.4, 0.5) is 4.39 Å². The predicted octanol–water partition coefficient (Wildman–Crippen LogP) is 3.47. The van der Waals surface area contributed by atoms with Crippen LogP contribution in [0.25, 0.3) is 0 Å². The van der Waals surface area contributed by atoms with E-state index in [1.54, 1.807) is 0 Å². The fourth-order valence-corrected chi connectivity index (χ4v) is 3.02. The topological polar surface area (TPSA) is 69.4 Å². The van der Waals surface area contributed by atoms with Crippen LogP contribution in [0.5, 0.6) is 5.75 Å². The van der Waals surface area contributed by atoms with Gasteiger partial charge in [-0.25, -0.2) is 17.9 Å². The summed E-state index contributed by atoms with van der Waals surface area (Å²) >= 11 is 8.96. The van der Waals surface area contributed by atoms with Crippen LogP contribution in [-0.2, 0) is 16.6 Å². The zero-order valence-electron chi connectivity index (χ0n) is 10.5. The highest BCUT2D eigenvalue weighted by Gasteiger charge is 2.16. The summed E-state index contributed by atoms with van der Waals surface area (Å²) in [6.45, 7) is 0.0466. The summed E-state index contributed by atoms with van der Waals surface area (Å²) in [7, 11) is -3.96. The Hall–Kier alpha value is -1.15. The van der Waals surface area contributed by atoms with E-state index in [1.165, 1.54) is 36.4 Å². The van der Waals surface area contributed by atoms with Crippen molar-refractivity contribution in [1.29, 1.82) is 0 Å². The van der Waals surface area contributed by atoms with Crippen molar-refractivity contribution in [3.63, 3.8) is 0 Å². The van der Waals surface area contributed by atoms with Gasteiger partial charge < -0.3 is 4.74 Å². The molecular formula is C13H10BrClFNO3S. The standard InChI is InChI=1S/C13H10BrClFNO3S/c14-11-6-10(16)3-1-8(11)7-20-12-4-2-9(15)5-13(12)21(17,18)19/h1-6H,7H2,(H2,17,18,19). The number of benzene rings is 2. The van der Waals surface area contributed by atoms with Gasteiger partial charge in [-0.2, -0.15) is 0 Å². The van der Waals surface area contributed by atoms with Crippen LogP contribution in [0, 0.1) is 5.82 Å². The van der Waals surface area contributed by atoms with Crippen molar-refractivity contribution >= 4 is 37.6 Å². The fourth-order valence-electron chi connectivity index (χ4n) is 1.62. The average molecular weight is 395 g/mol. The number of hydrogen-bond donors (Lipinski definition) is 1. The number of sulfonamides is 1. The first-order valence-electron chi connectivity index (χ1n) is 5.66.